The van der Waals surface area contributed by atoms with Crippen LogP contribution in [0.3, 0.4) is 0 Å². The molecule has 1 aromatic rings. The van der Waals surface area contributed by atoms with Crippen molar-refractivity contribution in [1.82, 2.24) is 0 Å². The Labute approximate surface area is 109 Å². The molecule has 1 aliphatic rings. The summed E-state index contributed by atoms with van der Waals surface area (Å²) in [7, 11) is 1.69. The lowest BCUT2D eigenvalue weighted by Gasteiger charge is -2.28. The average Bonchev–Trinajstić information content (AvgIpc) is 2.38. The molecule has 100 valence electrons. The van der Waals surface area contributed by atoms with Gasteiger partial charge in [0.1, 0.15) is 5.75 Å². The number of hydrogen-bond acceptors (Lipinski definition) is 3. The third kappa shape index (κ3) is 3.24. The van der Waals surface area contributed by atoms with E-state index in [4.69, 9.17) is 15.2 Å². The van der Waals surface area contributed by atoms with Crippen LogP contribution in [-0.4, -0.2) is 19.3 Å². The number of aryl methyl sites for hydroxylation is 1. The van der Waals surface area contributed by atoms with Crippen molar-refractivity contribution >= 4 is 0 Å². The van der Waals surface area contributed by atoms with Crippen LogP contribution in [0.15, 0.2) is 18.2 Å². The number of hydrogen-bond donors (Lipinski definition) is 1. The van der Waals surface area contributed by atoms with Crippen LogP contribution in [0, 0.1) is 6.92 Å². The van der Waals surface area contributed by atoms with Gasteiger partial charge in [0, 0.05) is 11.6 Å². The molecule has 0 saturated heterocycles. The van der Waals surface area contributed by atoms with E-state index in [-0.39, 0.29) is 12.1 Å². The lowest BCUT2D eigenvalue weighted by molar-refractivity contribution is 0.00329. The van der Waals surface area contributed by atoms with Gasteiger partial charge in [-0.2, -0.15) is 0 Å². The summed E-state index contributed by atoms with van der Waals surface area (Å²) in [5.41, 5.74) is 8.42. The minimum absolute atomic E-state index is 0.189. The number of methoxy groups -OCH3 is 1. The van der Waals surface area contributed by atoms with E-state index in [1.807, 2.05) is 6.07 Å². The van der Waals surface area contributed by atoms with Crippen molar-refractivity contribution in [2.24, 2.45) is 5.73 Å². The van der Waals surface area contributed by atoms with Crippen LogP contribution in [0.1, 0.15) is 36.8 Å². The molecule has 0 aromatic heterocycles. The Hall–Kier alpha value is -1.06. The summed E-state index contributed by atoms with van der Waals surface area (Å²) >= 11 is 0. The third-order valence-electron chi connectivity index (χ3n) is 3.64. The quantitative estimate of drug-likeness (QED) is 0.892. The smallest absolute Gasteiger partial charge is 0.124 e. The Kier molecular flexibility index (Phi) is 4.61. The van der Waals surface area contributed by atoms with Crippen molar-refractivity contribution in [3.05, 3.63) is 29.3 Å². The van der Waals surface area contributed by atoms with Crippen molar-refractivity contribution in [3.63, 3.8) is 0 Å². The summed E-state index contributed by atoms with van der Waals surface area (Å²) in [5, 5.41) is 0. The van der Waals surface area contributed by atoms with E-state index in [0.29, 0.717) is 6.61 Å². The van der Waals surface area contributed by atoms with E-state index in [2.05, 4.69) is 19.1 Å². The SMILES string of the molecule is COc1ccc(C)cc1COC1CCCCC1N. The van der Waals surface area contributed by atoms with Gasteiger partial charge in [-0.1, -0.05) is 30.5 Å². The molecule has 0 heterocycles. The molecule has 3 nitrogen and oxygen atoms in total. The molecule has 0 radical (unpaired) electrons. The van der Waals surface area contributed by atoms with Crippen molar-refractivity contribution in [2.75, 3.05) is 7.11 Å². The molecule has 1 fully saturated rings. The molecule has 2 unspecified atom stereocenters. The van der Waals surface area contributed by atoms with E-state index >= 15 is 0 Å². The highest BCUT2D eigenvalue weighted by atomic mass is 16.5. The van der Waals surface area contributed by atoms with Gasteiger partial charge in [0.15, 0.2) is 0 Å². The highest BCUT2D eigenvalue weighted by Crippen LogP contribution is 2.24. The number of benzene rings is 1. The van der Waals surface area contributed by atoms with Crippen molar-refractivity contribution in [2.45, 2.75) is 51.4 Å². The maximum Gasteiger partial charge on any atom is 0.124 e. The molecule has 1 aromatic carbocycles. The van der Waals surface area contributed by atoms with Crippen molar-refractivity contribution in [3.8, 4) is 5.75 Å². The molecular weight excluding hydrogens is 226 g/mol. The number of nitrogens with two attached hydrogens (primary N) is 1. The summed E-state index contributed by atoms with van der Waals surface area (Å²) in [6.45, 7) is 2.67. The van der Waals surface area contributed by atoms with Gasteiger partial charge in [-0.25, -0.2) is 0 Å². The van der Waals surface area contributed by atoms with Gasteiger partial charge < -0.3 is 15.2 Å². The molecule has 0 amide bonds. The predicted molar refractivity (Wildman–Crippen MR) is 72.8 cm³/mol. The fourth-order valence-corrected chi connectivity index (χ4v) is 2.55. The molecule has 0 bridgehead atoms. The molecule has 18 heavy (non-hydrogen) atoms. The molecule has 3 heteroatoms. The number of rotatable bonds is 4. The zero-order valence-corrected chi connectivity index (χ0v) is 11.3. The lowest BCUT2D eigenvalue weighted by Crippen LogP contribution is -2.39. The lowest BCUT2D eigenvalue weighted by atomic mass is 9.93. The van der Waals surface area contributed by atoms with Crippen LogP contribution in [-0.2, 0) is 11.3 Å². The second-order valence-electron chi connectivity index (χ2n) is 5.11. The summed E-state index contributed by atoms with van der Waals surface area (Å²) in [4.78, 5) is 0. The van der Waals surface area contributed by atoms with Gasteiger partial charge in [-0.15, -0.1) is 0 Å². The van der Waals surface area contributed by atoms with E-state index in [9.17, 15) is 0 Å². The molecule has 0 spiro atoms. The van der Waals surface area contributed by atoms with Crippen LogP contribution in [0.25, 0.3) is 0 Å². The van der Waals surface area contributed by atoms with Crippen molar-refractivity contribution in [1.29, 1.82) is 0 Å². The summed E-state index contributed by atoms with van der Waals surface area (Å²) in [6, 6.07) is 6.35. The van der Waals surface area contributed by atoms with Crippen LogP contribution in [0.4, 0.5) is 0 Å². The van der Waals surface area contributed by atoms with Gasteiger partial charge in [0.2, 0.25) is 0 Å². The second-order valence-corrected chi connectivity index (χ2v) is 5.11. The van der Waals surface area contributed by atoms with Crippen LogP contribution >= 0.6 is 0 Å². The van der Waals surface area contributed by atoms with Crippen LogP contribution in [0.2, 0.25) is 0 Å². The van der Waals surface area contributed by atoms with Gasteiger partial charge >= 0.3 is 0 Å². The number of ether oxygens (including phenoxy) is 2. The highest BCUT2D eigenvalue weighted by molar-refractivity contribution is 5.36. The highest BCUT2D eigenvalue weighted by Gasteiger charge is 2.22. The van der Waals surface area contributed by atoms with Gasteiger partial charge in [0.25, 0.3) is 0 Å². The molecule has 1 aliphatic carbocycles. The van der Waals surface area contributed by atoms with Crippen molar-refractivity contribution < 1.29 is 9.47 Å². The first kappa shape index (κ1) is 13.4. The van der Waals surface area contributed by atoms with E-state index in [0.717, 1.165) is 24.2 Å². The maximum atomic E-state index is 6.09. The molecular formula is C15H23NO2. The average molecular weight is 249 g/mol. The third-order valence-corrected chi connectivity index (χ3v) is 3.64. The fourth-order valence-electron chi connectivity index (χ4n) is 2.55. The second kappa shape index (κ2) is 6.21. The zero-order chi connectivity index (χ0) is 13.0. The summed E-state index contributed by atoms with van der Waals surface area (Å²) in [6.07, 6.45) is 4.81. The molecule has 0 aliphatic heterocycles. The molecule has 2 N–H and O–H groups in total. The normalized spacial score (nSPS) is 23.9. The Morgan fingerprint density at radius 3 is 2.78 bits per heavy atom. The Morgan fingerprint density at radius 2 is 2.06 bits per heavy atom. The Balaban J connectivity index is 1.98. The first-order chi connectivity index (χ1) is 8.70. The Bertz CT molecular complexity index is 392. The standard InChI is InChI=1S/C15H23NO2/c1-11-7-8-14(17-2)12(9-11)10-18-15-6-4-3-5-13(15)16/h7-9,13,15H,3-6,10,16H2,1-2H3. The minimum Gasteiger partial charge on any atom is -0.496 e. The largest absolute Gasteiger partial charge is 0.496 e. The first-order valence-corrected chi connectivity index (χ1v) is 6.71. The monoisotopic (exact) mass is 249 g/mol. The van der Waals surface area contributed by atoms with Gasteiger partial charge in [-0.05, 0) is 25.8 Å². The van der Waals surface area contributed by atoms with Gasteiger partial charge in [-0.3, -0.25) is 0 Å². The van der Waals surface area contributed by atoms with Crippen LogP contribution < -0.4 is 10.5 Å². The topological polar surface area (TPSA) is 44.5 Å². The summed E-state index contributed by atoms with van der Waals surface area (Å²) < 4.78 is 11.3. The first-order valence-electron chi connectivity index (χ1n) is 6.71. The van der Waals surface area contributed by atoms with Crippen LogP contribution in [0.5, 0.6) is 5.75 Å². The van der Waals surface area contributed by atoms with E-state index in [1.54, 1.807) is 7.11 Å². The zero-order valence-electron chi connectivity index (χ0n) is 11.3. The summed E-state index contributed by atoms with van der Waals surface area (Å²) in [5.74, 6) is 0.894. The molecule has 1 saturated carbocycles. The predicted octanol–water partition coefficient (Wildman–Crippen LogP) is 2.79. The molecule has 2 atom stereocenters. The van der Waals surface area contributed by atoms with Gasteiger partial charge in [0.05, 0.1) is 19.8 Å². The minimum atomic E-state index is 0.189. The Morgan fingerprint density at radius 1 is 1.28 bits per heavy atom. The van der Waals surface area contributed by atoms with E-state index in [1.165, 1.54) is 18.4 Å². The fraction of sp³-hybridized carbons (Fsp3) is 0.600. The van der Waals surface area contributed by atoms with E-state index < -0.39 is 0 Å². The maximum absolute atomic E-state index is 6.09. The molecule has 2 rings (SSSR count).